The van der Waals surface area contributed by atoms with E-state index in [1.54, 1.807) is 4.90 Å². The van der Waals surface area contributed by atoms with Crippen LogP contribution in [0.2, 0.25) is 0 Å². The molecule has 1 aliphatic rings. The van der Waals surface area contributed by atoms with Crippen molar-refractivity contribution in [2.75, 3.05) is 27.3 Å². The Morgan fingerprint density at radius 2 is 1.41 bits per heavy atom. The van der Waals surface area contributed by atoms with Gasteiger partial charge in [0.25, 0.3) is 0 Å². The van der Waals surface area contributed by atoms with Gasteiger partial charge in [0.2, 0.25) is 11.8 Å². The van der Waals surface area contributed by atoms with Gasteiger partial charge in [-0.15, -0.1) is 0 Å². The second-order valence-corrected chi connectivity index (χ2v) is 17.1. The molecule has 14 heteroatoms. The zero-order valence-corrected chi connectivity index (χ0v) is 37.6. The van der Waals surface area contributed by atoms with Crippen LogP contribution in [0.5, 0.6) is 0 Å². The van der Waals surface area contributed by atoms with Crippen LogP contribution in [0, 0.1) is 11.8 Å². The smallest absolute Gasteiger partial charge is 0.407 e. The van der Waals surface area contributed by atoms with Gasteiger partial charge in [0.1, 0.15) is 23.7 Å². The van der Waals surface area contributed by atoms with Crippen molar-refractivity contribution in [3.63, 3.8) is 0 Å². The summed E-state index contributed by atoms with van der Waals surface area (Å²) in [5, 5.41) is 7.59. The van der Waals surface area contributed by atoms with E-state index in [9.17, 15) is 19.2 Å². The van der Waals surface area contributed by atoms with Gasteiger partial charge < -0.3 is 39.9 Å². The molecular weight excluding hydrogens is 809 g/mol. The SMILES string of the molecule is CCCN(Cc1nc(-c2ccc3cc(-c4ccc(-c5cnc([C@@H]6C[C@@H](c7ccccc7)CN6C(=O)[C@@H](NC(=O)OC)C(C)C)[nH]5)cc4)ccc3c2)c[nH]1)C(=O)[C@@H](NC(=O)OC)C(C)C. The maximum Gasteiger partial charge on any atom is 0.407 e. The fourth-order valence-electron chi connectivity index (χ4n) is 8.47. The maximum atomic E-state index is 14.1. The topological polar surface area (TPSA) is 175 Å². The average Bonchev–Trinajstić information content (AvgIpc) is 4.10. The lowest BCUT2D eigenvalue weighted by Crippen LogP contribution is -2.51. The third-order valence-electron chi connectivity index (χ3n) is 12.0. The molecule has 0 spiro atoms. The summed E-state index contributed by atoms with van der Waals surface area (Å²) in [6.07, 6.45) is 3.84. The molecule has 0 bridgehead atoms. The number of hydrogen-bond acceptors (Lipinski definition) is 8. The van der Waals surface area contributed by atoms with Crippen LogP contribution in [0.15, 0.2) is 103 Å². The van der Waals surface area contributed by atoms with Crippen LogP contribution in [0.4, 0.5) is 9.59 Å². The van der Waals surface area contributed by atoms with Gasteiger partial charge in [-0.1, -0.05) is 113 Å². The highest BCUT2D eigenvalue weighted by Crippen LogP contribution is 2.41. The number of carbonyl (C=O) groups excluding carboxylic acids is 4. The first kappa shape index (κ1) is 45.1. The van der Waals surface area contributed by atoms with Crippen LogP contribution in [0.25, 0.3) is 44.4 Å². The Morgan fingerprint density at radius 1 is 0.797 bits per heavy atom. The van der Waals surface area contributed by atoms with Crippen molar-refractivity contribution in [3.8, 4) is 33.6 Å². The second-order valence-electron chi connectivity index (χ2n) is 17.1. The number of imidazole rings is 2. The van der Waals surface area contributed by atoms with Crippen LogP contribution in [0.1, 0.15) is 76.6 Å². The van der Waals surface area contributed by atoms with Gasteiger partial charge in [0, 0.05) is 30.8 Å². The number of carbonyl (C=O) groups is 4. The molecule has 0 aliphatic carbocycles. The van der Waals surface area contributed by atoms with Gasteiger partial charge in [0.15, 0.2) is 0 Å². The van der Waals surface area contributed by atoms with Crippen LogP contribution < -0.4 is 10.6 Å². The van der Waals surface area contributed by atoms with E-state index in [2.05, 4.69) is 93.4 Å². The lowest BCUT2D eigenvalue weighted by Gasteiger charge is -2.30. The number of rotatable bonds is 15. The summed E-state index contributed by atoms with van der Waals surface area (Å²) in [5.41, 5.74) is 6.83. The van der Waals surface area contributed by atoms with Crippen LogP contribution >= 0.6 is 0 Å². The molecule has 4 atom stereocenters. The Kier molecular flexibility index (Phi) is 14.1. The molecule has 6 aromatic rings. The predicted octanol–water partition coefficient (Wildman–Crippen LogP) is 8.84. The second kappa shape index (κ2) is 20.0. The fraction of sp³-hybridized carbons (Fsp3) is 0.360. The summed E-state index contributed by atoms with van der Waals surface area (Å²) in [7, 11) is 2.58. The van der Waals surface area contributed by atoms with E-state index in [0.717, 1.165) is 56.4 Å². The molecule has 7 rings (SSSR count). The van der Waals surface area contributed by atoms with Crippen molar-refractivity contribution in [1.29, 1.82) is 0 Å². The minimum atomic E-state index is -0.747. The maximum absolute atomic E-state index is 14.1. The summed E-state index contributed by atoms with van der Waals surface area (Å²) in [6.45, 7) is 10.9. The average molecular weight is 867 g/mol. The van der Waals surface area contributed by atoms with Gasteiger partial charge in [-0.2, -0.15) is 0 Å². The first-order valence-electron chi connectivity index (χ1n) is 21.9. The van der Waals surface area contributed by atoms with Gasteiger partial charge in [0.05, 0.1) is 44.4 Å². The number of alkyl carbamates (subject to hydrolysis) is 2. The van der Waals surface area contributed by atoms with E-state index in [-0.39, 0.29) is 42.2 Å². The number of methoxy groups -OCH3 is 2. The number of benzene rings is 4. The molecule has 334 valence electrons. The highest BCUT2D eigenvalue weighted by atomic mass is 16.5. The molecule has 1 saturated heterocycles. The summed E-state index contributed by atoms with van der Waals surface area (Å²) in [6, 6.07) is 29.4. The number of nitrogens with one attached hydrogen (secondary N) is 4. The first-order chi connectivity index (χ1) is 30.9. The van der Waals surface area contributed by atoms with Gasteiger partial charge in [-0.05, 0) is 69.8 Å². The van der Waals surface area contributed by atoms with Gasteiger partial charge in [-0.25, -0.2) is 19.6 Å². The molecule has 3 heterocycles. The quantitative estimate of drug-likeness (QED) is 0.0792. The number of hydrogen-bond donors (Lipinski definition) is 4. The number of aromatic amines is 2. The number of aromatic nitrogens is 4. The minimum Gasteiger partial charge on any atom is -0.453 e. The monoisotopic (exact) mass is 866 g/mol. The molecule has 1 fully saturated rings. The summed E-state index contributed by atoms with van der Waals surface area (Å²) >= 11 is 0. The van der Waals surface area contributed by atoms with E-state index >= 15 is 0 Å². The molecule has 14 nitrogen and oxygen atoms in total. The molecular formula is C50H58N8O6. The normalized spacial score (nSPS) is 15.9. The molecule has 0 radical (unpaired) electrons. The van der Waals surface area contributed by atoms with Crippen molar-refractivity contribution in [2.45, 2.75) is 78.0 Å². The fourth-order valence-corrected chi connectivity index (χ4v) is 8.47. The molecule has 64 heavy (non-hydrogen) atoms. The molecule has 2 aromatic heterocycles. The predicted molar refractivity (Wildman–Crippen MR) is 247 cm³/mol. The van der Waals surface area contributed by atoms with Crippen LogP contribution in [-0.2, 0) is 25.6 Å². The van der Waals surface area contributed by atoms with E-state index < -0.39 is 24.3 Å². The number of nitrogens with zero attached hydrogens (tertiary/aromatic N) is 4. The van der Waals surface area contributed by atoms with E-state index in [1.807, 2.05) is 70.1 Å². The molecule has 0 unspecified atom stereocenters. The van der Waals surface area contributed by atoms with Crippen molar-refractivity contribution in [2.24, 2.45) is 11.8 Å². The Bertz CT molecular complexity index is 2570. The minimum absolute atomic E-state index is 0.105. The van der Waals surface area contributed by atoms with E-state index in [1.165, 1.54) is 14.2 Å². The lowest BCUT2D eigenvalue weighted by molar-refractivity contribution is -0.136. The van der Waals surface area contributed by atoms with Crippen LogP contribution in [0.3, 0.4) is 0 Å². The zero-order valence-electron chi connectivity index (χ0n) is 37.6. The molecule has 4 aromatic carbocycles. The van der Waals surface area contributed by atoms with E-state index in [4.69, 9.17) is 19.4 Å². The number of ether oxygens (including phenoxy) is 2. The number of likely N-dealkylation sites (tertiary alicyclic amines) is 1. The number of H-pyrrole nitrogens is 2. The number of amides is 4. The first-order valence-corrected chi connectivity index (χ1v) is 21.9. The highest BCUT2D eigenvalue weighted by Gasteiger charge is 2.42. The molecule has 4 amide bonds. The van der Waals surface area contributed by atoms with Crippen LogP contribution in [-0.4, -0.2) is 93.1 Å². The Labute approximate surface area is 374 Å². The van der Waals surface area contributed by atoms with Crippen molar-refractivity contribution < 1.29 is 28.7 Å². The van der Waals surface area contributed by atoms with E-state index in [0.29, 0.717) is 31.2 Å². The highest BCUT2D eigenvalue weighted by molar-refractivity contribution is 5.91. The Balaban J connectivity index is 1.05. The third kappa shape index (κ3) is 10.1. The number of fused-ring (bicyclic) bond motifs is 1. The molecule has 0 saturated carbocycles. The van der Waals surface area contributed by atoms with Gasteiger partial charge in [-0.3, -0.25) is 9.59 Å². The van der Waals surface area contributed by atoms with Crippen molar-refractivity contribution in [1.82, 2.24) is 40.4 Å². The van der Waals surface area contributed by atoms with Crippen molar-refractivity contribution in [3.05, 3.63) is 121 Å². The summed E-state index contributed by atoms with van der Waals surface area (Å²) in [4.78, 5) is 71.9. The lowest BCUT2D eigenvalue weighted by atomic mass is 9.96. The largest absolute Gasteiger partial charge is 0.453 e. The molecule has 4 N–H and O–H groups in total. The summed E-state index contributed by atoms with van der Waals surface area (Å²) < 4.78 is 9.61. The standard InChI is InChI=1S/C50H58N8O6/c1-8-22-57(47(59)44(30(2)3)55-49(61)63-6)29-43-51-26-41(53-43)38-21-20-36-23-35(18-19-37(36)24-38)33-14-16-34(17-15-33)40-27-52-46(54-40)42-25-39(32-12-10-9-11-13-32)28-58(42)48(60)45(31(4)5)56-50(62)64-7/h9-21,23-24,26-27,30-31,39,42,44-45H,8,22,25,28-29H2,1-7H3,(H,51,53)(H,52,54)(H,55,61)(H,56,62)/t39-,42+,44+,45+/m1/s1. The zero-order chi connectivity index (χ0) is 45.5. The Hall–Kier alpha value is -6.96. The Morgan fingerprint density at radius 3 is 2.05 bits per heavy atom. The van der Waals surface area contributed by atoms with Crippen molar-refractivity contribution >= 4 is 34.8 Å². The summed E-state index contributed by atoms with van der Waals surface area (Å²) in [5.74, 6) is 0.831. The van der Waals surface area contributed by atoms with Gasteiger partial charge >= 0.3 is 12.2 Å². The molecule has 1 aliphatic heterocycles. The third-order valence-corrected chi connectivity index (χ3v) is 12.0.